The molecule has 0 spiro atoms. The lowest BCUT2D eigenvalue weighted by atomic mass is 10.1. The molecule has 0 aliphatic rings. The highest BCUT2D eigenvalue weighted by Gasteiger charge is 2.03. The number of carbonyl (C=O) groups is 1. The molecule has 0 fully saturated rings. The van der Waals surface area contributed by atoms with Crippen LogP contribution in [0.1, 0.15) is 20.8 Å². The molecular formula is C11H17NO. The van der Waals surface area contributed by atoms with Gasteiger partial charge >= 0.3 is 0 Å². The van der Waals surface area contributed by atoms with E-state index in [2.05, 4.69) is 5.32 Å². The van der Waals surface area contributed by atoms with Crippen molar-refractivity contribution in [2.24, 2.45) is 0 Å². The maximum atomic E-state index is 11.3. The van der Waals surface area contributed by atoms with Gasteiger partial charge in [-0.2, -0.15) is 0 Å². The van der Waals surface area contributed by atoms with E-state index >= 15 is 0 Å². The lowest BCUT2D eigenvalue weighted by Gasteiger charge is -2.01. The second-order valence-electron chi connectivity index (χ2n) is 2.88. The molecule has 0 aliphatic heterocycles. The lowest BCUT2D eigenvalue weighted by Crippen LogP contribution is -2.19. The summed E-state index contributed by atoms with van der Waals surface area (Å²) >= 11 is 0. The Labute approximate surface area is 80.0 Å². The fraction of sp³-hybridized carbons (Fsp3) is 0.364. The van der Waals surface area contributed by atoms with E-state index in [0.717, 1.165) is 11.1 Å². The van der Waals surface area contributed by atoms with Crippen LogP contribution in [0.4, 0.5) is 0 Å². The van der Waals surface area contributed by atoms with Crippen LogP contribution in [0.5, 0.6) is 0 Å². The molecule has 0 aliphatic carbocycles. The molecule has 0 aromatic rings. The van der Waals surface area contributed by atoms with Crippen LogP contribution in [-0.4, -0.2) is 13.0 Å². The predicted octanol–water partition coefficient (Wildman–Crippen LogP) is 2.20. The van der Waals surface area contributed by atoms with Gasteiger partial charge in [0.1, 0.15) is 0 Å². The monoisotopic (exact) mass is 179 g/mol. The molecule has 0 bridgehead atoms. The van der Waals surface area contributed by atoms with Crippen LogP contribution >= 0.6 is 0 Å². The van der Waals surface area contributed by atoms with Crippen molar-refractivity contribution in [2.45, 2.75) is 20.8 Å². The summed E-state index contributed by atoms with van der Waals surface area (Å²) in [5.74, 6) is -0.0410. The first-order valence-corrected chi connectivity index (χ1v) is 4.32. The first kappa shape index (κ1) is 11.7. The Balaban J connectivity index is 4.66. The standard InChI is InChI=1S/C11H17NO/c1-5-6-7-8-10(9(2)3)11(13)12-4/h5-8H,1-4H3,(H,12,13)/b6-5-,8-7-. The Morgan fingerprint density at radius 2 is 1.85 bits per heavy atom. The van der Waals surface area contributed by atoms with E-state index in [4.69, 9.17) is 0 Å². The van der Waals surface area contributed by atoms with Crippen LogP contribution in [0, 0.1) is 0 Å². The number of rotatable bonds is 3. The topological polar surface area (TPSA) is 29.1 Å². The van der Waals surface area contributed by atoms with E-state index in [1.165, 1.54) is 0 Å². The highest BCUT2D eigenvalue weighted by Crippen LogP contribution is 2.05. The molecular weight excluding hydrogens is 162 g/mol. The molecule has 0 aromatic heterocycles. The Morgan fingerprint density at radius 3 is 2.23 bits per heavy atom. The normalized spacial score (nSPS) is 10.8. The number of hydrogen-bond donors (Lipinski definition) is 1. The summed E-state index contributed by atoms with van der Waals surface area (Å²) < 4.78 is 0. The van der Waals surface area contributed by atoms with Crippen LogP contribution in [0.3, 0.4) is 0 Å². The molecule has 0 radical (unpaired) electrons. The van der Waals surface area contributed by atoms with Crippen LogP contribution in [0.25, 0.3) is 0 Å². The van der Waals surface area contributed by atoms with Gasteiger partial charge in [-0.05, 0) is 26.8 Å². The van der Waals surface area contributed by atoms with Crippen LogP contribution < -0.4 is 5.32 Å². The largest absolute Gasteiger partial charge is 0.355 e. The zero-order valence-corrected chi connectivity index (χ0v) is 8.72. The fourth-order valence-electron chi connectivity index (χ4n) is 0.867. The molecule has 2 heteroatoms. The number of hydrogen-bond acceptors (Lipinski definition) is 1. The molecule has 0 atom stereocenters. The van der Waals surface area contributed by atoms with Gasteiger partial charge in [0.2, 0.25) is 0 Å². The van der Waals surface area contributed by atoms with Gasteiger partial charge in [0.15, 0.2) is 0 Å². The van der Waals surface area contributed by atoms with E-state index in [1.807, 2.05) is 45.1 Å². The minimum atomic E-state index is -0.0410. The SMILES string of the molecule is C/C=C\C=C/C(C(=O)NC)=C(C)C. The average molecular weight is 179 g/mol. The number of likely N-dealkylation sites (N-methyl/N-ethyl adjacent to an activating group) is 1. The average Bonchev–Trinajstić information content (AvgIpc) is 2.11. The van der Waals surface area contributed by atoms with Gasteiger partial charge in [0.25, 0.3) is 5.91 Å². The van der Waals surface area contributed by atoms with E-state index in [1.54, 1.807) is 7.05 Å². The van der Waals surface area contributed by atoms with Crippen LogP contribution in [0.15, 0.2) is 35.5 Å². The van der Waals surface area contributed by atoms with Gasteiger partial charge in [-0.15, -0.1) is 0 Å². The minimum absolute atomic E-state index is 0.0410. The molecule has 1 N–H and O–H groups in total. The summed E-state index contributed by atoms with van der Waals surface area (Å²) in [5.41, 5.74) is 1.74. The third-order valence-electron chi connectivity index (χ3n) is 1.58. The van der Waals surface area contributed by atoms with Gasteiger partial charge in [0, 0.05) is 12.6 Å². The number of amides is 1. The fourth-order valence-corrected chi connectivity index (χ4v) is 0.867. The van der Waals surface area contributed by atoms with Crippen molar-refractivity contribution in [1.29, 1.82) is 0 Å². The molecule has 0 heterocycles. The van der Waals surface area contributed by atoms with Gasteiger partial charge < -0.3 is 5.32 Å². The molecule has 0 unspecified atom stereocenters. The zero-order chi connectivity index (χ0) is 10.3. The van der Waals surface area contributed by atoms with Crippen molar-refractivity contribution < 1.29 is 4.79 Å². The smallest absolute Gasteiger partial charge is 0.250 e. The summed E-state index contributed by atoms with van der Waals surface area (Å²) in [6.45, 7) is 5.78. The van der Waals surface area contributed by atoms with E-state index < -0.39 is 0 Å². The van der Waals surface area contributed by atoms with Crippen LogP contribution in [0.2, 0.25) is 0 Å². The van der Waals surface area contributed by atoms with Gasteiger partial charge in [0.05, 0.1) is 0 Å². The van der Waals surface area contributed by atoms with Crippen molar-refractivity contribution >= 4 is 5.91 Å². The quantitative estimate of drug-likeness (QED) is 0.522. The van der Waals surface area contributed by atoms with Gasteiger partial charge in [-0.1, -0.05) is 23.8 Å². The van der Waals surface area contributed by atoms with E-state index in [0.29, 0.717) is 0 Å². The molecule has 0 saturated carbocycles. The van der Waals surface area contributed by atoms with Crippen molar-refractivity contribution in [3.8, 4) is 0 Å². The summed E-state index contributed by atoms with van der Waals surface area (Å²) in [5, 5.41) is 2.60. The zero-order valence-electron chi connectivity index (χ0n) is 8.72. The van der Waals surface area contributed by atoms with Crippen molar-refractivity contribution in [2.75, 3.05) is 7.05 Å². The minimum Gasteiger partial charge on any atom is -0.355 e. The third-order valence-corrected chi connectivity index (χ3v) is 1.58. The number of allylic oxidation sites excluding steroid dienone is 4. The molecule has 2 nitrogen and oxygen atoms in total. The summed E-state index contributed by atoms with van der Waals surface area (Å²) in [4.78, 5) is 11.3. The van der Waals surface area contributed by atoms with Crippen molar-refractivity contribution in [3.63, 3.8) is 0 Å². The highest BCUT2D eigenvalue weighted by atomic mass is 16.1. The van der Waals surface area contributed by atoms with Gasteiger partial charge in [-0.25, -0.2) is 0 Å². The van der Waals surface area contributed by atoms with Crippen LogP contribution in [-0.2, 0) is 4.79 Å². The lowest BCUT2D eigenvalue weighted by molar-refractivity contribution is -0.116. The second-order valence-corrected chi connectivity index (χ2v) is 2.88. The van der Waals surface area contributed by atoms with Gasteiger partial charge in [-0.3, -0.25) is 4.79 Å². The number of nitrogens with one attached hydrogen (secondary N) is 1. The molecule has 1 amide bonds. The first-order chi connectivity index (χ1) is 6.13. The first-order valence-electron chi connectivity index (χ1n) is 4.32. The maximum absolute atomic E-state index is 11.3. The Kier molecular flexibility index (Phi) is 5.60. The highest BCUT2D eigenvalue weighted by molar-refractivity contribution is 5.96. The Morgan fingerprint density at radius 1 is 1.23 bits per heavy atom. The van der Waals surface area contributed by atoms with E-state index in [9.17, 15) is 4.79 Å². The summed E-state index contributed by atoms with van der Waals surface area (Å²) in [7, 11) is 1.63. The molecule has 13 heavy (non-hydrogen) atoms. The third kappa shape index (κ3) is 4.31. The summed E-state index contributed by atoms with van der Waals surface area (Å²) in [6, 6.07) is 0. The molecule has 0 rings (SSSR count). The van der Waals surface area contributed by atoms with Crippen molar-refractivity contribution in [1.82, 2.24) is 5.32 Å². The second kappa shape index (κ2) is 6.23. The summed E-state index contributed by atoms with van der Waals surface area (Å²) in [6.07, 6.45) is 7.49. The Bertz CT molecular complexity index is 255. The molecule has 0 aromatic carbocycles. The maximum Gasteiger partial charge on any atom is 0.250 e. The predicted molar refractivity (Wildman–Crippen MR) is 56.4 cm³/mol. The van der Waals surface area contributed by atoms with Crippen molar-refractivity contribution in [3.05, 3.63) is 35.5 Å². The van der Waals surface area contributed by atoms with E-state index in [-0.39, 0.29) is 5.91 Å². The molecule has 0 saturated heterocycles. The Hall–Kier alpha value is -1.31. The molecule has 72 valence electrons. The number of carbonyl (C=O) groups excluding carboxylic acids is 1.